The first-order chi connectivity index (χ1) is 13.9. The Labute approximate surface area is 180 Å². The molecule has 0 fully saturated rings. The van der Waals surface area contributed by atoms with Crippen molar-refractivity contribution < 1.29 is 9.53 Å². The fourth-order valence-corrected chi connectivity index (χ4v) is 4.16. The average molecular weight is 428 g/mol. The van der Waals surface area contributed by atoms with Gasteiger partial charge in [0.15, 0.2) is 16.9 Å². The SMILES string of the molecule is CCCCc1ccc2nc(NC(=S)NC(=O)COc3ccc(C)cc3C)sc2c1. The molecule has 0 aliphatic rings. The van der Waals surface area contributed by atoms with Crippen LogP contribution in [0.3, 0.4) is 0 Å². The number of anilines is 1. The van der Waals surface area contributed by atoms with E-state index in [2.05, 4.69) is 34.7 Å². The molecule has 0 aliphatic carbocycles. The Morgan fingerprint density at radius 2 is 2.03 bits per heavy atom. The second kappa shape index (κ2) is 9.80. The summed E-state index contributed by atoms with van der Waals surface area (Å²) < 4.78 is 6.69. The lowest BCUT2D eigenvalue weighted by Gasteiger charge is -2.10. The monoisotopic (exact) mass is 427 g/mol. The van der Waals surface area contributed by atoms with E-state index in [-0.39, 0.29) is 17.6 Å². The van der Waals surface area contributed by atoms with Crippen molar-refractivity contribution in [3.63, 3.8) is 0 Å². The number of benzene rings is 2. The Hall–Kier alpha value is -2.51. The minimum Gasteiger partial charge on any atom is -0.483 e. The normalized spacial score (nSPS) is 10.7. The molecule has 0 bridgehead atoms. The van der Waals surface area contributed by atoms with Crippen molar-refractivity contribution in [2.24, 2.45) is 0 Å². The highest BCUT2D eigenvalue weighted by Crippen LogP contribution is 2.27. The molecule has 7 heteroatoms. The summed E-state index contributed by atoms with van der Waals surface area (Å²) in [6, 6.07) is 12.2. The summed E-state index contributed by atoms with van der Waals surface area (Å²) in [4.78, 5) is 16.7. The van der Waals surface area contributed by atoms with Crippen molar-refractivity contribution in [3.8, 4) is 5.75 Å². The van der Waals surface area contributed by atoms with E-state index in [9.17, 15) is 4.79 Å². The first-order valence-corrected chi connectivity index (χ1v) is 10.9. The zero-order chi connectivity index (χ0) is 20.8. The Kier molecular flexibility index (Phi) is 7.17. The van der Waals surface area contributed by atoms with E-state index in [0.29, 0.717) is 10.9 Å². The number of hydrogen-bond acceptors (Lipinski definition) is 5. The van der Waals surface area contributed by atoms with Gasteiger partial charge in [0.05, 0.1) is 10.2 Å². The Balaban J connectivity index is 1.53. The lowest BCUT2D eigenvalue weighted by atomic mass is 10.1. The van der Waals surface area contributed by atoms with E-state index in [0.717, 1.165) is 27.8 Å². The van der Waals surface area contributed by atoms with Gasteiger partial charge in [-0.3, -0.25) is 10.1 Å². The maximum Gasteiger partial charge on any atom is 0.264 e. The lowest BCUT2D eigenvalue weighted by Crippen LogP contribution is -2.37. The van der Waals surface area contributed by atoms with Crippen molar-refractivity contribution >= 4 is 49.9 Å². The van der Waals surface area contributed by atoms with E-state index in [4.69, 9.17) is 17.0 Å². The average Bonchev–Trinajstić information content (AvgIpc) is 3.06. The van der Waals surface area contributed by atoms with Crippen molar-refractivity contribution in [1.29, 1.82) is 0 Å². The van der Waals surface area contributed by atoms with Crippen molar-refractivity contribution in [2.75, 3.05) is 11.9 Å². The standard InChI is InChI=1S/C22H25N3O2S2/c1-4-5-6-16-8-9-17-19(12-16)29-22(23-17)25-21(28)24-20(26)13-27-18-10-7-14(2)11-15(18)3/h7-12H,4-6,13H2,1-3H3,(H2,23,24,25,26,28). The molecule has 152 valence electrons. The van der Waals surface area contributed by atoms with E-state index in [1.165, 1.54) is 29.7 Å². The summed E-state index contributed by atoms with van der Waals surface area (Å²) in [6.07, 6.45) is 3.42. The fourth-order valence-electron chi connectivity index (χ4n) is 2.95. The van der Waals surface area contributed by atoms with Crippen LogP contribution in [0.5, 0.6) is 5.75 Å². The summed E-state index contributed by atoms with van der Waals surface area (Å²) in [5.41, 5.74) is 4.38. The van der Waals surface area contributed by atoms with Crippen LogP contribution in [-0.4, -0.2) is 22.6 Å². The predicted molar refractivity (Wildman–Crippen MR) is 124 cm³/mol. The topological polar surface area (TPSA) is 63.2 Å². The van der Waals surface area contributed by atoms with Gasteiger partial charge in [-0.05, 0) is 68.2 Å². The second-order valence-electron chi connectivity index (χ2n) is 6.98. The number of carbonyl (C=O) groups excluding carboxylic acids is 1. The van der Waals surface area contributed by atoms with Gasteiger partial charge >= 0.3 is 0 Å². The molecule has 0 unspecified atom stereocenters. The van der Waals surface area contributed by atoms with E-state index in [1.807, 2.05) is 38.1 Å². The van der Waals surface area contributed by atoms with Gasteiger partial charge in [-0.1, -0.05) is 48.4 Å². The number of carbonyl (C=O) groups is 1. The van der Waals surface area contributed by atoms with Crippen LogP contribution in [0.2, 0.25) is 0 Å². The molecule has 2 aromatic carbocycles. The molecule has 1 aromatic heterocycles. The molecule has 3 rings (SSSR count). The van der Waals surface area contributed by atoms with Gasteiger partial charge in [0.2, 0.25) is 0 Å². The molecule has 5 nitrogen and oxygen atoms in total. The molecular formula is C22H25N3O2S2. The summed E-state index contributed by atoms with van der Waals surface area (Å²) in [6.45, 7) is 6.05. The molecule has 0 saturated carbocycles. The number of hydrogen-bond donors (Lipinski definition) is 2. The Bertz CT molecular complexity index is 1030. The van der Waals surface area contributed by atoms with Crippen LogP contribution in [0.25, 0.3) is 10.2 Å². The third kappa shape index (κ3) is 5.98. The van der Waals surface area contributed by atoms with E-state index < -0.39 is 0 Å². The molecule has 1 heterocycles. The van der Waals surface area contributed by atoms with Crippen LogP contribution in [0, 0.1) is 13.8 Å². The third-order valence-corrected chi connectivity index (χ3v) is 5.57. The number of nitrogens with zero attached hydrogens (tertiary/aromatic N) is 1. The molecule has 0 radical (unpaired) electrons. The lowest BCUT2D eigenvalue weighted by molar-refractivity contribution is -0.121. The number of ether oxygens (including phenoxy) is 1. The van der Waals surface area contributed by atoms with Gasteiger partial charge in [-0.2, -0.15) is 0 Å². The van der Waals surface area contributed by atoms with Crippen LogP contribution in [0.15, 0.2) is 36.4 Å². The highest BCUT2D eigenvalue weighted by Gasteiger charge is 2.10. The third-order valence-electron chi connectivity index (χ3n) is 4.43. The van der Waals surface area contributed by atoms with E-state index in [1.54, 1.807) is 0 Å². The van der Waals surface area contributed by atoms with Gasteiger partial charge in [0.25, 0.3) is 5.91 Å². The quantitative estimate of drug-likeness (QED) is 0.511. The molecular weight excluding hydrogens is 402 g/mol. The van der Waals surface area contributed by atoms with Gasteiger partial charge in [-0.15, -0.1) is 0 Å². The minimum atomic E-state index is -0.314. The number of amides is 1. The highest BCUT2D eigenvalue weighted by molar-refractivity contribution is 7.80. The highest BCUT2D eigenvalue weighted by atomic mass is 32.1. The number of aryl methyl sites for hydroxylation is 3. The fraction of sp³-hybridized carbons (Fsp3) is 0.318. The van der Waals surface area contributed by atoms with E-state index >= 15 is 0 Å². The minimum absolute atomic E-state index is 0.105. The number of thiazole rings is 1. The maximum atomic E-state index is 12.1. The van der Waals surface area contributed by atoms with Gasteiger partial charge in [0.1, 0.15) is 5.75 Å². The maximum absolute atomic E-state index is 12.1. The zero-order valence-electron chi connectivity index (χ0n) is 16.9. The van der Waals surface area contributed by atoms with Crippen molar-refractivity contribution in [1.82, 2.24) is 10.3 Å². The van der Waals surface area contributed by atoms with Crippen LogP contribution in [0.4, 0.5) is 5.13 Å². The summed E-state index contributed by atoms with van der Waals surface area (Å²) in [5, 5.41) is 6.50. The van der Waals surface area contributed by atoms with Gasteiger partial charge < -0.3 is 10.1 Å². The smallest absolute Gasteiger partial charge is 0.264 e. The molecule has 2 N–H and O–H groups in total. The molecule has 1 amide bonds. The number of rotatable bonds is 7. The van der Waals surface area contributed by atoms with Crippen LogP contribution >= 0.6 is 23.6 Å². The van der Waals surface area contributed by atoms with Gasteiger partial charge in [0, 0.05) is 0 Å². The largest absolute Gasteiger partial charge is 0.483 e. The first kappa shape index (κ1) is 21.2. The molecule has 0 atom stereocenters. The number of aromatic nitrogens is 1. The number of nitrogens with one attached hydrogen (secondary N) is 2. The summed E-state index contributed by atoms with van der Waals surface area (Å²) in [7, 11) is 0. The van der Waals surface area contributed by atoms with Crippen molar-refractivity contribution in [3.05, 3.63) is 53.1 Å². The second-order valence-corrected chi connectivity index (χ2v) is 8.42. The Morgan fingerprint density at radius 1 is 1.21 bits per heavy atom. The van der Waals surface area contributed by atoms with Crippen LogP contribution < -0.4 is 15.4 Å². The van der Waals surface area contributed by atoms with Gasteiger partial charge in [-0.25, -0.2) is 4.98 Å². The summed E-state index contributed by atoms with van der Waals surface area (Å²) >= 11 is 6.76. The molecule has 0 aliphatic heterocycles. The zero-order valence-corrected chi connectivity index (χ0v) is 18.5. The van der Waals surface area contributed by atoms with Crippen LogP contribution in [0.1, 0.15) is 36.5 Å². The predicted octanol–water partition coefficient (Wildman–Crippen LogP) is 5.15. The van der Waals surface area contributed by atoms with Crippen molar-refractivity contribution in [2.45, 2.75) is 40.0 Å². The Morgan fingerprint density at radius 3 is 2.79 bits per heavy atom. The molecule has 0 spiro atoms. The molecule has 29 heavy (non-hydrogen) atoms. The number of fused-ring (bicyclic) bond motifs is 1. The first-order valence-electron chi connectivity index (χ1n) is 9.65. The molecule has 0 saturated heterocycles. The number of unbranched alkanes of at least 4 members (excludes halogenated alkanes) is 1. The number of thiocarbonyl (C=S) groups is 1. The summed E-state index contributed by atoms with van der Waals surface area (Å²) in [5.74, 6) is 0.375. The van der Waals surface area contributed by atoms with Crippen LogP contribution in [-0.2, 0) is 11.2 Å². The molecule has 3 aromatic rings.